The Bertz CT molecular complexity index is 312. The number of anilines is 1. The SMILES string of the molecule is NC(=O)c1cc([NH2+][O-])cnc1N. The van der Waals surface area contributed by atoms with Crippen LogP contribution in [0.2, 0.25) is 0 Å². The lowest BCUT2D eigenvalue weighted by Crippen LogP contribution is -2.70. The third kappa shape index (κ3) is 1.49. The Balaban J connectivity index is 3.17. The predicted molar refractivity (Wildman–Crippen MR) is 42.1 cm³/mol. The van der Waals surface area contributed by atoms with Gasteiger partial charge < -0.3 is 22.2 Å². The summed E-state index contributed by atoms with van der Waals surface area (Å²) in [4.78, 5) is 14.3. The Morgan fingerprint density at radius 3 is 2.83 bits per heavy atom. The second-order valence-corrected chi connectivity index (χ2v) is 2.18. The molecule has 6 nitrogen and oxygen atoms in total. The second kappa shape index (κ2) is 3.16. The summed E-state index contributed by atoms with van der Waals surface area (Å²) in [7, 11) is 0. The molecule has 0 aliphatic heterocycles. The Hall–Kier alpha value is -1.66. The monoisotopic (exact) mass is 168 g/mol. The lowest BCUT2D eigenvalue weighted by atomic mass is 10.2. The highest BCUT2D eigenvalue weighted by Crippen LogP contribution is 2.09. The number of hydrogen-bond donors (Lipinski definition) is 3. The fourth-order valence-electron chi connectivity index (χ4n) is 0.753. The number of amides is 1. The quantitative estimate of drug-likeness (QED) is 0.463. The number of carbonyl (C=O) groups excluding carboxylic acids is 1. The minimum Gasteiger partial charge on any atom is -0.630 e. The molecule has 0 bridgehead atoms. The number of carbonyl (C=O) groups is 1. The average molecular weight is 168 g/mol. The number of pyridine rings is 1. The summed E-state index contributed by atoms with van der Waals surface area (Å²) >= 11 is 0. The van der Waals surface area contributed by atoms with Crippen molar-refractivity contribution < 1.29 is 10.3 Å². The highest BCUT2D eigenvalue weighted by atomic mass is 16.5. The van der Waals surface area contributed by atoms with Gasteiger partial charge >= 0.3 is 0 Å². The first-order valence-electron chi connectivity index (χ1n) is 3.15. The minimum absolute atomic E-state index is 0.0353. The van der Waals surface area contributed by atoms with E-state index in [2.05, 4.69) is 4.98 Å². The van der Waals surface area contributed by atoms with Gasteiger partial charge in [-0.3, -0.25) is 4.79 Å². The number of rotatable bonds is 2. The maximum Gasteiger partial charge on any atom is 0.252 e. The predicted octanol–water partition coefficient (Wildman–Crippen LogP) is -1.54. The van der Waals surface area contributed by atoms with Crippen molar-refractivity contribution in [1.82, 2.24) is 4.98 Å². The molecule has 0 saturated heterocycles. The van der Waals surface area contributed by atoms with Gasteiger partial charge in [0.15, 0.2) is 0 Å². The van der Waals surface area contributed by atoms with Crippen LogP contribution in [0.4, 0.5) is 11.5 Å². The molecule has 0 aromatic carbocycles. The largest absolute Gasteiger partial charge is 0.630 e. The highest BCUT2D eigenvalue weighted by molar-refractivity contribution is 5.97. The highest BCUT2D eigenvalue weighted by Gasteiger charge is 2.07. The average Bonchev–Trinajstić information content (AvgIpc) is 2.05. The van der Waals surface area contributed by atoms with Gasteiger partial charge in [0, 0.05) is 6.07 Å². The molecule has 0 aliphatic carbocycles. The van der Waals surface area contributed by atoms with Gasteiger partial charge in [-0.15, -0.1) is 0 Å². The molecule has 1 rings (SSSR count). The van der Waals surface area contributed by atoms with E-state index in [1.54, 1.807) is 0 Å². The molecule has 6 heteroatoms. The van der Waals surface area contributed by atoms with Crippen LogP contribution in [0, 0.1) is 5.21 Å². The summed E-state index contributed by atoms with van der Waals surface area (Å²) in [5.74, 6) is -0.656. The zero-order valence-corrected chi connectivity index (χ0v) is 6.15. The first-order valence-corrected chi connectivity index (χ1v) is 3.15. The van der Waals surface area contributed by atoms with Crippen LogP contribution >= 0.6 is 0 Å². The Kier molecular flexibility index (Phi) is 2.22. The van der Waals surface area contributed by atoms with Crippen LogP contribution in [0.1, 0.15) is 10.4 Å². The summed E-state index contributed by atoms with van der Waals surface area (Å²) in [5, 5.41) is 10.3. The Morgan fingerprint density at radius 2 is 2.33 bits per heavy atom. The molecule has 1 aromatic rings. The molecule has 0 fully saturated rings. The molecule has 0 spiro atoms. The van der Waals surface area contributed by atoms with Gasteiger partial charge in [0.2, 0.25) is 0 Å². The number of hydrogen-bond acceptors (Lipinski definition) is 4. The number of aromatic nitrogens is 1. The van der Waals surface area contributed by atoms with Crippen molar-refractivity contribution in [3.63, 3.8) is 0 Å². The molecule has 1 amide bonds. The lowest BCUT2D eigenvalue weighted by Gasteiger charge is -2.03. The van der Waals surface area contributed by atoms with Crippen LogP contribution in [0.3, 0.4) is 0 Å². The van der Waals surface area contributed by atoms with Crippen LogP contribution in [-0.2, 0) is 0 Å². The summed E-state index contributed by atoms with van der Waals surface area (Å²) in [6, 6.07) is 1.30. The third-order valence-corrected chi connectivity index (χ3v) is 1.34. The smallest absolute Gasteiger partial charge is 0.252 e. The van der Waals surface area contributed by atoms with Crippen molar-refractivity contribution in [2.75, 3.05) is 5.73 Å². The van der Waals surface area contributed by atoms with E-state index in [0.29, 0.717) is 5.48 Å². The number of quaternary nitrogens is 1. The van der Waals surface area contributed by atoms with Crippen molar-refractivity contribution in [3.05, 3.63) is 23.0 Å². The summed E-state index contributed by atoms with van der Waals surface area (Å²) < 4.78 is 0. The van der Waals surface area contributed by atoms with Crippen LogP contribution < -0.4 is 16.9 Å². The van der Waals surface area contributed by atoms with Crippen LogP contribution in [-0.4, -0.2) is 10.9 Å². The molecule has 12 heavy (non-hydrogen) atoms. The molecule has 0 unspecified atom stereocenters. The van der Waals surface area contributed by atoms with Gasteiger partial charge in [-0.25, -0.2) is 4.98 Å². The van der Waals surface area contributed by atoms with Crippen molar-refractivity contribution in [1.29, 1.82) is 0 Å². The van der Waals surface area contributed by atoms with Crippen molar-refractivity contribution >= 4 is 17.4 Å². The molecule has 1 heterocycles. The van der Waals surface area contributed by atoms with E-state index in [9.17, 15) is 10.0 Å². The molecule has 0 aliphatic rings. The molecule has 1 aromatic heterocycles. The van der Waals surface area contributed by atoms with Gasteiger partial charge in [0.05, 0.1) is 11.8 Å². The Morgan fingerprint density at radius 1 is 1.67 bits per heavy atom. The van der Waals surface area contributed by atoms with E-state index in [-0.39, 0.29) is 17.1 Å². The molecule has 6 N–H and O–H groups in total. The lowest BCUT2D eigenvalue weighted by molar-refractivity contribution is -0.497. The topological polar surface area (TPSA) is 122 Å². The first kappa shape index (κ1) is 8.44. The van der Waals surface area contributed by atoms with E-state index in [1.807, 2.05) is 0 Å². The molecular weight excluding hydrogens is 160 g/mol. The van der Waals surface area contributed by atoms with E-state index >= 15 is 0 Å². The fraction of sp³-hybridized carbons (Fsp3) is 0. The number of nitrogens with zero attached hydrogens (tertiary/aromatic N) is 1. The van der Waals surface area contributed by atoms with Crippen molar-refractivity contribution in [2.45, 2.75) is 0 Å². The van der Waals surface area contributed by atoms with E-state index in [4.69, 9.17) is 11.5 Å². The molecule has 0 saturated carbocycles. The Labute approximate surface area is 68.2 Å². The molecule has 0 atom stereocenters. The first-order chi connectivity index (χ1) is 5.65. The standard InChI is InChI=1S/C6H8N4O2/c7-5-4(6(8)11)1-3(10-12)2-9-5/h1-2H,10H2,(H2,7,9)(H2,8,11). The maximum absolute atomic E-state index is 10.7. The zero-order chi connectivity index (χ0) is 9.14. The summed E-state index contributed by atoms with van der Waals surface area (Å²) in [6.07, 6.45) is 1.27. The molecular formula is C6H8N4O2. The van der Waals surface area contributed by atoms with Gasteiger partial charge in [-0.2, -0.15) is 0 Å². The fourth-order valence-corrected chi connectivity index (χ4v) is 0.753. The normalized spacial score (nSPS) is 9.75. The van der Waals surface area contributed by atoms with Crippen LogP contribution in [0.15, 0.2) is 12.3 Å². The van der Waals surface area contributed by atoms with Crippen LogP contribution in [0.5, 0.6) is 0 Å². The number of nitrogen functional groups attached to an aromatic ring is 1. The van der Waals surface area contributed by atoms with Gasteiger partial charge in [0.1, 0.15) is 11.5 Å². The van der Waals surface area contributed by atoms with E-state index in [0.717, 1.165) is 0 Å². The van der Waals surface area contributed by atoms with Crippen molar-refractivity contribution in [2.24, 2.45) is 5.73 Å². The number of primary amides is 1. The number of nitrogens with two attached hydrogens (primary N) is 3. The maximum atomic E-state index is 10.7. The van der Waals surface area contributed by atoms with E-state index in [1.165, 1.54) is 12.3 Å². The van der Waals surface area contributed by atoms with Gasteiger partial charge in [0.25, 0.3) is 5.91 Å². The molecule has 64 valence electrons. The molecule has 0 radical (unpaired) electrons. The zero-order valence-electron chi connectivity index (χ0n) is 6.15. The van der Waals surface area contributed by atoms with Gasteiger partial charge in [-0.05, 0) is 0 Å². The van der Waals surface area contributed by atoms with Crippen molar-refractivity contribution in [3.8, 4) is 0 Å². The van der Waals surface area contributed by atoms with Crippen LogP contribution in [0.25, 0.3) is 0 Å². The second-order valence-electron chi connectivity index (χ2n) is 2.18. The summed E-state index contributed by atoms with van der Waals surface area (Å²) in [5.41, 5.74) is 11.2. The summed E-state index contributed by atoms with van der Waals surface area (Å²) in [6.45, 7) is 0. The minimum atomic E-state index is -0.691. The van der Waals surface area contributed by atoms with Gasteiger partial charge in [-0.1, -0.05) is 0 Å². The van der Waals surface area contributed by atoms with E-state index < -0.39 is 5.91 Å². The third-order valence-electron chi connectivity index (χ3n) is 1.34.